The molecule has 0 spiro atoms. The minimum Gasteiger partial charge on any atom is -0.385 e. The van der Waals surface area contributed by atoms with Crippen LogP contribution in [0.2, 0.25) is 0 Å². The van der Waals surface area contributed by atoms with Crippen LogP contribution in [-0.4, -0.2) is 39.5 Å². The number of hydrogen-bond donors (Lipinski definition) is 1. The lowest BCUT2D eigenvalue weighted by molar-refractivity contribution is 0.188. The molecular weight excluding hydrogens is 166 g/mol. The lowest BCUT2D eigenvalue weighted by Crippen LogP contribution is -2.29. The average molecular weight is 187 g/mol. The van der Waals surface area contributed by atoms with Gasteiger partial charge in [0.15, 0.2) is 0 Å². The fraction of sp³-hybridized carbons (Fsp3) is 1.00. The van der Waals surface area contributed by atoms with E-state index in [9.17, 15) is 0 Å². The Morgan fingerprint density at radius 2 is 2.31 bits per heavy atom. The minimum absolute atomic E-state index is 0.613. The molecule has 0 aromatic carbocycles. The second-order valence-corrected chi connectivity index (χ2v) is 3.57. The number of methoxy groups -OCH3 is 1. The van der Waals surface area contributed by atoms with Gasteiger partial charge >= 0.3 is 0 Å². The molecule has 1 rings (SSSR count). The Morgan fingerprint density at radius 1 is 1.38 bits per heavy atom. The van der Waals surface area contributed by atoms with Crippen LogP contribution in [0.4, 0.5) is 0 Å². The Bertz CT molecular complexity index is 113. The maximum atomic E-state index is 5.27. The standard InChI is InChI=1S/C10H21NO2/c1-12-7-4-2-3-6-11-10-5-8-13-9-10/h10-11H,2-9H2,1H3. The highest BCUT2D eigenvalue weighted by molar-refractivity contribution is 4.70. The molecule has 1 aliphatic heterocycles. The summed E-state index contributed by atoms with van der Waals surface area (Å²) in [5.74, 6) is 0. The van der Waals surface area contributed by atoms with Gasteiger partial charge in [-0.05, 0) is 32.2 Å². The number of unbranched alkanes of at least 4 members (excludes halogenated alkanes) is 2. The fourth-order valence-corrected chi connectivity index (χ4v) is 1.55. The van der Waals surface area contributed by atoms with Gasteiger partial charge in [-0.1, -0.05) is 0 Å². The van der Waals surface area contributed by atoms with E-state index in [-0.39, 0.29) is 0 Å². The van der Waals surface area contributed by atoms with Crippen LogP contribution in [0.1, 0.15) is 25.7 Å². The van der Waals surface area contributed by atoms with Crippen LogP contribution in [0, 0.1) is 0 Å². The predicted molar refractivity (Wildman–Crippen MR) is 53.0 cm³/mol. The molecule has 1 heterocycles. The van der Waals surface area contributed by atoms with Gasteiger partial charge < -0.3 is 14.8 Å². The van der Waals surface area contributed by atoms with E-state index in [0.717, 1.165) is 26.4 Å². The zero-order valence-corrected chi connectivity index (χ0v) is 8.55. The second-order valence-electron chi connectivity index (χ2n) is 3.57. The molecule has 1 atom stereocenters. The van der Waals surface area contributed by atoms with Gasteiger partial charge in [-0.3, -0.25) is 0 Å². The summed E-state index contributed by atoms with van der Waals surface area (Å²) in [7, 11) is 1.76. The lowest BCUT2D eigenvalue weighted by atomic mass is 10.2. The van der Waals surface area contributed by atoms with Crippen LogP contribution in [0.25, 0.3) is 0 Å². The number of hydrogen-bond acceptors (Lipinski definition) is 3. The van der Waals surface area contributed by atoms with E-state index < -0.39 is 0 Å². The monoisotopic (exact) mass is 187 g/mol. The van der Waals surface area contributed by atoms with E-state index in [0.29, 0.717) is 6.04 Å². The van der Waals surface area contributed by atoms with Gasteiger partial charge in [-0.15, -0.1) is 0 Å². The molecule has 13 heavy (non-hydrogen) atoms. The Morgan fingerprint density at radius 3 is 3.00 bits per heavy atom. The molecule has 0 aromatic rings. The van der Waals surface area contributed by atoms with Crippen molar-refractivity contribution in [2.24, 2.45) is 0 Å². The van der Waals surface area contributed by atoms with Crippen molar-refractivity contribution >= 4 is 0 Å². The summed E-state index contributed by atoms with van der Waals surface area (Å²) in [5.41, 5.74) is 0. The molecule has 0 aromatic heterocycles. The third kappa shape index (κ3) is 5.24. The lowest BCUT2D eigenvalue weighted by Gasteiger charge is -2.09. The van der Waals surface area contributed by atoms with Crippen molar-refractivity contribution in [3.8, 4) is 0 Å². The largest absolute Gasteiger partial charge is 0.385 e. The average Bonchev–Trinajstić information content (AvgIpc) is 2.63. The molecule has 1 N–H and O–H groups in total. The fourth-order valence-electron chi connectivity index (χ4n) is 1.55. The molecule has 3 heteroatoms. The SMILES string of the molecule is COCCCCCNC1CCOC1. The van der Waals surface area contributed by atoms with Crippen molar-refractivity contribution < 1.29 is 9.47 Å². The molecule has 1 fully saturated rings. The summed E-state index contributed by atoms with van der Waals surface area (Å²) < 4.78 is 10.3. The molecular formula is C10H21NO2. The normalized spacial score (nSPS) is 22.4. The van der Waals surface area contributed by atoms with E-state index in [2.05, 4.69) is 5.32 Å². The quantitative estimate of drug-likeness (QED) is 0.607. The number of ether oxygens (including phenoxy) is 2. The summed E-state index contributed by atoms with van der Waals surface area (Å²) in [6.07, 6.45) is 4.87. The maximum Gasteiger partial charge on any atom is 0.0620 e. The third-order valence-corrected chi connectivity index (χ3v) is 2.39. The van der Waals surface area contributed by atoms with Crippen molar-refractivity contribution in [3.05, 3.63) is 0 Å². The first-order valence-electron chi connectivity index (χ1n) is 5.23. The Kier molecular flexibility index (Phi) is 6.15. The van der Waals surface area contributed by atoms with Gasteiger partial charge in [0.25, 0.3) is 0 Å². The highest BCUT2D eigenvalue weighted by Crippen LogP contribution is 2.03. The summed E-state index contributed by atoms with van der Waals surface area (Å²) in [5, 5.41) is 3.49. The van der Waals surface area contributed by atoms with Crippen molar-refractivity contribution in [3.63, 3.8) is 0 Å². The highest BCUT2D eigenvalue weighted by Gasteiger charge is 2.13. The molecule has 3 nitrogen and oxygen atoms in total. The Balaban J connectivity index is 1.78. The third-order valence-electron chi connectivity index (χ3n) is 2.39. The first-order valence-corrected chi connectivity index (χ1v) is 5.23. The van der Waals surface area contributed by atoms with Gasteiger partial charge in [0.2, 0.25) is 0 Å². The molecule has 1 unspecified atom stereocenters. The summed E-state index contributed by atoms with van der Waals surface area (Å²) in [6.45, 7) is 3.85. The van der Waals surface area contributed by atoms with Gasteiger partial charge in [0.05, 0.1) is 6.61 Å². The molecule has 1 aliphatic rings. The summed E-state index contributed by atoms with van der Waals surface area (Å²) >= 11 is 0. The van der Waals surface area contributed by atoms with Crippen LogP contribution < -0.4 is 5.32 Å². The molecule has 0 radical (unpaired) electrons. The van der Waals surface area contributed by atoms with Crippen LogP contribution >= 0.6 is 0 Å². The summed E-state index contributed by atoms with van der Waals surface area (Å²) in [4.78, 5) is 0. The van der Waals surface area contributed by atoms with Crippen molar-refractivity contribution in [1.82, 2.24) is 5.32 Å². The summed E-state index contributed by atoms with van der Waals surface area (Å²) in [6, 6.07) is 0.613. The second kappa shape index (κ2) is 7.30. The van der Waals surface area contributed by atoms with E-state index >= 15 is 0 Å². The van der Waals surface area contributed by atoms with Gasteiger partial charge in [0, 0.05) is 26.4 Å². The molecule has 0 amide bonds. The topological polar surface area (TPSA) is 30.5 Å². The van der Waals surface area contributed by atoms with Crippen LogP contribution in [-0.2, 0) is 9.47 Å². The molecule has 0 bridgehead atoms. The predicted octanol–water partition coefficient (Wildman–Crippen LogP) is 1.18. The highest BCUT2D eigenvalue weighted by atomic mass is 16.5. The van der Waals surface area contributed by atoms with E-state index in [1.54, 1.807) is 7.11 Å². The first kappa shape index (κ1) is 11.0. The van der Waals surface area contributed by atoms with Crippen molar-refractivity contribution in [2.45, 2.75) is 31.7 Å². The smallest absolute Gasteiger partial charge is 0.0620 e. The van der Waals surface area contributed by atoms with E-state index in [1.165, 1.54) is 25.7 Å². The van der Waals surface area contributed by atoms with Crippen LogP contribution in [0.5, 0.6) is 0 Å². The molecule has 78 valence electrons. The van der Waals surface area contributed by atoms with E-state index in [1.807, 2.05) is 0 Å². The number of rotatable bonds is 7. The van der Waals surface area contributed by atoms with E-state index in [4.69, 9.17) is 9.47 Å². The van der Waals surface area contributed by atoms with Gasteiger partial charge in [-0.25, -0.2) is 0 Å². The molecule has 1 saturated heterocycles. The van der Waals surface area contributed by atoms with Gasteiger partial charge in [-0.2, -0.15) is 0 Å². The van der Waals surface area contributed by atoms with Crippen molar-refractivity contribution in [2.75, 3.05) is 33.5 Å². The molecule has 0 saturated carbocycles. The molecule has 0 aliphatic carbocycles. The minimum atomic E-state index is 0.613. The number of nitrogens with one attached hydrogen (secondary N) is 1. The maximum absolute atomic E-state index is 5.27. The van der Waals surface area contributed by atoms with Crippen LogP contribution in [0.3, 0.4) is 0 Å². The van der Waals surface area contributed by atoms with Crippen LogP contribution in [0.15, 0.2) is 0 Å². The van der Waals surface area contributed by atoms with Crippen molar-refractivity contribution in [1.29, 1.82) is 0 Å². The zero-order chi connectivity index (χ0) is 9.36. The van der Waals surface area contributed by atoms with Gasteiger partial charge in [0.1, 0.15) is 0 Å². The Labute approximate surface area is 80.8 Å². The zero-order valence-electron chi connectivity index (χ0n) is 8.55. The first-order chi connectivity index (χ1) is 6.43. The Hall–Kier alpha value is -0.120.